The minimum atomic E-state index is -0.529. The van der Waals surface area contributed by atoms with E-state index in [1.165, 1.54) is 7.11 Å². The first-order chi connectivity index (χ1) is 13.1. The van der Waals surface area contributed by atoms with Crippen LogP contribution in [0.3, 0.4) is 0 Å². The first kappa shape index (κ1) is 20.1. The van der Waals surface area contributed by atoms with Crippen molar-refractivity contribution in [3.63, 3.8) is 0 Å². The summed E-state index contributed by atoms with van der Waals surface area (Å²) in [4.78, 5) is 23.0. The molecule has 0 aliphatic heterocycles. The van der Waals surface area contributed by atoms with E-state index in [2.05, 4.69) is 15.4 Å². The van der Waals surface area contributed by atoms with Gasteiger partial charge < -0.3 is 19.5 Å². The van der Waals surface area contributed by atoms with Crippen LogP contribution in [0.15, 0.2) is 48.5 Å². The van der Waals surface area contributed by atoms with Crippen LogP contribution in [0.1, 0.15) is 18.9 Å². The Hall–Kier alpha value is -3.22. The summed E-state index contributed by atoms with van der Waals surface area (Å²) >= 11 is 0. The van der Waals surface area contributed by atoms with Gasteiger partial charge in [0.1, 0.15) is 11.5 Å². The number of hydrogen-bond donors (Lipinski definition) is 2. The molecule has 0 aliphatic rings. The lowest BCUT2D eigenvalue weighted by Crippen LogP contribution is -2.28. The number of carbonyl (C=O) groups is 2. The lowest BCUT2D eigenvalue weighted by molar-refractivity contribution is -0.123. The monoisotopic (exact) mass is 372 g/mol. The molecular formula is C20H24N2O5. The van der Waals surface area contributed by atoms with Crippen LogP contribution in [0.5, 0.6) is 11.5 Å². The third kappa shape index (κ3) is 7.27. The Morgan fingerprint density at radius 3 is 2.15 bits per heavy atom. The summed E-state index contributed by atoms with van der Waals surface area (Å²) in [5.41, 5.74) is 1.52. The quantitative estimate of drug-likeness (QED) is 0.705. The average molecular weight is 372 g/mol. The third-order valence-corrected chi connectivity index (χ3v) is 3.54. The van der Waals surface area contributed by atoms with Crippen LogP contribution in [0.4, 0.5) is 10.5 Å². The fourth-order valence-electron chi connectivity index (χ4n) is 2.13. The molecule has 0 unspecified atom stereocenters. The van der Waals surface area contributed by atoms with E-state index in [9.17, 15) is 9.59 Å². The van der Waals surface area contributed by atoms with Gasteiger partial charge in [0.05, 0.1) is 13.7 Å². The van der Waals surface area contributed by atoms with Crippen LogP contribution >= 0.6 is 0 Å². The summed E-state index contributed by atoms with van der Waals surface area (Å²) in [7, 11) is 1.30. The Balaban J connectivity index is 1.72. The molecule has 0 atom stereocenters. The van der Waals surface area contributed by atoms with Crippen molar-refractivity contribution in [2.75, 3.05) is 25.6 Å². The number of nitrogens with one attached hydrogen (secondary N) is 2. The second-order valence-corrected chi connectivity index (χ2v) is 5.70. The van der Waals surface area contributed by atoms with Crippen molar-refractivity contribution < 1.29 is 23.8 Å². The smallest absolute Gasteiger partial charge is 0.411 e. The van der Waals surface area contributed by atoms with Gasteiger partial charge in [-0.15, -0.1) is 0 Å². The SMILES string of the molecule is CCCOc1ccc(OCC(=O)NCc2ccc(NC(=O)OC)cc2)cc1. The molecule has 7 nitrogen and oxygen atoms in total. The van der Waals surface area contributed by atoms with E-state index in [4.69, 9.17) is 9.47 Å². The molecule has 0 heterocycles. The van der Waals surface area contributed by atoms with Gasteiger partial charge in [0.25, 0.3) is 5.91 Å². The fourth-order valence-corrected chi connectivity index (χ4v) is 2.13. The predicted octanol–water partition coefficient (Wildman–Crippen LogP) is 3.35. The van der Waals surface area contributed by atoms with Gasteiger partial charge >= 0.3 is 6.09 Å². The molecule has 2 aromatic carbocycles. The first-order valence-electron chi connectivity index (χ1n) is 8.67. The highest BCUT2D eigenvalue weighted by Crippen LogP contribution is 2.17. The van der Waals surface area contributed by atoms with Crippen LogP contribution in [0.25, 0.3) is 0 Å². The van der Waals surface area contributed by atoms with Gasteiger partial charge in [0.15, 0.2) is 6.61 Å². The molecule has 27 heavy (non-hydrogen) atoms. The van der Waals surface area contributed by atoms with Crippen LogP contribution < -0.4 is 20.1 Å². The van der Waals surface area contributed by atoms with E-state index in [0.29, 0.717) is 24.6 Å². The Kier molecular flexibility index (Phi) is 7.96. The van der Waals surface area contributed by atoms with Gasteiger partial charge in [0, 0.05) is 12.2 Å². The maximum Gasteiger partial charge on any atom is 0.411 e. The number of anilines is 1. The molecule has 0 fully saturated rings. The summed E-state index contributed by atoms with van der Waals surface area (Å²) in [5, 5.41) is 5.34. The van der Waals surface area contributed by atoms with Crippen LogP contribution in [-0.2, 0) is 16.1 Å². The summed E-state index contributed by atoms with van der Waals surface area (Å²) < 4.78 is 15.5. The van der Waals surface area contributed by atoms with E-state index < -0.39 is 6.09 Å². The predicted molar refractivity (Wildman–Crippen MR) is 102 cm³/mol. The molecule has 0 saturated heterocycles. The molecule has 2 amide bonds. The standard InChI is InChI=1S/C20H24N2O5/c1-3-12-26-17-8-10-18(11-9-17)27-14-19(23)21-13-15-4-6-16(7-5-15)22-20(24)25-2/h4-11H,3,12-14H2,1-2H3,(H,21,23)(H,22,24). The third-order valence-electron chi connectivity index (χ3n) is 3.54. The van der Waals surface area contributed by atoms with Crippen LogP contribution in [-0.4, -0.2) is 32.3 Å². The lowest BCUT2D eigenvalue weighted by atomic mass is 10.2. The topological polar surface area (TPSA) is 85.9 Å². The number of carbonyl (C=O) groups excluding carboxylic acids is 2. The van der Waals surface area contributed by atoms with Gasteiger partial charge in [0.2, 0.25) is 0 Å². The Morgan fingerprint density at radius 1 is 0.926 bits per heavy atom. The molecule has 0 radical (unpaired) electrons. The van der Waals surface area contributed by atoms with Crippen molar-refractivity contribution >= 4 is 17.7 Å². The highest BCUT2D eigenvalue weighted by molar-refractivity contribution is 5.84. The minimum absolute atomic E-state index is 0.0723. The summed E-state index contributed by atoms with van der Waals surface area (Å²) in [6.45, 7) is 3.01. The fraction of sp³-hybridized carbons (Fsp3) is 0.300. The minimum Gasteiger partial charge on any atom is -0.494 e. The van der Waals surface area contributed by atoms with Crippen molar-refractivity contribution in [1.29, 1.82) is 0 Å². The average Bonchev–Trinajstić information content (AvgIpc) is 2.70. The molecule has 7 heteroatoms. The molecule has 0 bridgehead atoms. The van der Waals surface area contributed by atoms with Gasteiger partial charge in [-0.05, 0) is 48.4 Å². The number of methoxy groups -OCH3 is 1. The van der Waals surface area contributed by atoms with Crippen molar-refractivity contribution in [2.24, 2.45) is 0 Å². The Morgan fingerprint density at radius 2 is 1.56 bits per heavy atom. The summed E-state index contributed by atoms with van der Waals surface area (Å²) in [6.07, 6.45) is 0.418. The number of amides is 2. The Bertz CT molecular complexity index is 729. The van der Waals surface area contributed by atoms with Crippen LogP contribution in [0.2, 0.25) is 0 Å². The van der Waals surface area contributed by atoms with Gasteiger partial charge in [-0.3, -0.25) is 10.1 Å². The van der Waals surface area contributed by atoms with E-state index in [0.717, 1.165) is 17.7 Å². The normalized spacial score (nSPS) is 10.0. The summed E-state index contributed by atoms with van der Waals surface area (Å²) in [6, 6.07) is 14.2. The van der Waals surface area contributed by atoms with E-state index in [1.54, 1.807) is 36.4 Å². The number of ether oxygens (including phenoxy) is 3. The van der Waals surface area contributed by atoms with Gasteiger partial charge in [-0.2, -0.15) is 0 Å². The maximum atomic E-state index is 11.9. The van der Waals surface area contributed by atoms with Crippen molar-refractivity contribution in [3.8, 4) is 11.5 Å². The molecule has 2 rings (SSSR count). The van der Waals surface area contributed by atoms with E-state index in [-0.39, 0.29) is 12.5 Å². The second kappa shape index (κ2) is 10.7. The molecule has 2 aromatic rings. The second-order valence-electron chi connectivity index (χ2n) is 5.70. The zero-order chi connectivity index (χ0) is 19.5. The number of rotatable bonds is 9. The molecule has 0 spiro atoms. The largest absolute Gasteiger partial charge is 0.494 e. The van der Waals surface area contributed by atoms with E-state index in [1.807, 2.05) is 19.1 Å². The lowest BCUT2D eigenvalue weighted by Gasteiger charge is -2.09. The van der Waals surface area contributed by atoms with E-state index >= 15 is 0 Å². The van der Waals surface area contributed by atoms with Crippen LogP contribution in [0, 0.1) is 0 Å². The maximum absolute atomic E-state index is 11.9. The number of hydrogen-bond acceptors (Lipinski definition) is 5. The van der Waals surface area contributed by atoms with Crippen molar-refractivity contribution in [2.45, 2.75) is 19.9 Å². The van der Waals surface area contributed by atoms with Crippen molar-refractivity contribution in [1.82, 2.24) is 5.32 Å². The molecule has 0 aromatic heterocycles. The highest BCUT2D eigenvalue weighted by Gasteiger charge is 2.05. The van der Waals surface area contributed by atoms with Gasteiger partial charge in [-0.25, -0.2) is 4.79 Å². The molecule has 2 N–H and O–H groups in total. The zero-order valence-corrected chi connectivity index (χ0v) is 15.5. The molecule has 144 valence electrons. The number of benzene rings is 2. The van der Waals surface area contributed by atoms with Crippen molar-refractivity contribution in [3.05, 3.63) is 54.1 Å². The van der Waals surface area contributed by atoms with Gasteiger partial charge in [-0.1, -0.05) is 19.1 Å². The highest BCUT2D eigenvalue weighted by atomic mass is 16.5. The molecule has 0 saturated carbocycles. The summed E-state index contributed by atoms with van der Waals surface area (Å²) in [5.74, 6) is 1.16. The first-order valence-corrected chi connectivity index (χ1v) is 8.67. The molecule has 0 aliphatic carbocycles. The Labute approximate surface area is 158 Å². The zero-order valence-electron chi connectivity index (χ0n) is 15.5. The molecular weight excluding hydrogens is 348 g/mol.